The highest BCUT2D eigenvalue weighted by Gasteiger charge is 2.23. The summed E-state index contributed by atoms with van der Waals surface area (Å²) in [6, 6.07) is 12.1. The number of nitrogens with one attached hydrogen (secondary N) is 2. The van der Waals surface area contributed by atoms with Gasteiger partial charge in [0.25, 0.3) is 16.8 Å². The standard InChI is InChI=1S/C21H21N3O4/c1-4-12-7-5-8-13(11-12)22-16-17(20(27)19(16)26)23-15-10-6-9-14(18(15)25)21(28)24(2)3/h5-11,22-23,25H,4H2,1-3H3. The Morgan fingerprint density at radius 1 is 1.00 bits per heavy atom. The van der Waals surface area contributed by atoms with Crippen molar-refractivity contribution in [3.63, 3.8) is 0 Å². The van der Waals surface area contributed by atoms with Crippen LogP contribution in [0.15, 0.2) is 52.1 Å². The van der Waals surface area contributed by atoms with Gasteiger partial charge >= 0.3 is 0 Å². The van der Waals surface area contributed by atoms with Crippen LogP contribution in [0.1, 0.15) is 22.8 Å². The minimum Gasteiger partial charge on any atom is -0.505 e. The number of amides is 1. The van der Waals surface area contributed by atoms with Crippen molar-refractivity contribution in [1.29, 1.82) is 0 Å². The summed E-state index contributed by atoms with van der Waals surface area (Å²) in [5, 5.41) is 16.2. The van der Waals surface area contributed by atoms with Crippen LogP contribution in [0.2, 0.25) is 0 Å². The lowest BCUT2D eigenvalue weighted by atomic mass is 10.1. The molecule has 0 saturated carbocycles. The Hall–Kier alpha value is -3.61. The van der Waals surface area contributed by atoms with Crippen molar-refractivity contribution in [2.24, 2.45) is 0 Å². The number of hydrogen-bond acceptors (Lipinski definition) is 6. The molecule has 3 aromatic carbocycles. The fourth-order valence-corrected chi connectivity index (χ4v) is 2.84. The van der Waals surface area contributed by atoms with E-state index in [0.717, 1.165) is 12.0 Å². The van der Waals surface area contributed by atoms with Crippen molar-refractivity contribution in [2.45, 2.75) is 13.3 Å². The summed E-state index contributed by atoms with van der Waals surface area (Å²) >= 11 is 0. The summed E-state index contributed by atoms with van der Waals surface area (Å²) in [5.74, 6) is -0.658. The van der Waals surface area contributed by atoms with E-state index < -0.39 is 10.9 Å². The van der Waals surface area contributed by atoms with Crippen molar-refractivity contribution in [3.8, 4) is 5.75 Å². The zero-order valence-corrected chi connectivity index (χ0v) is 15.9. The predicted octanol–water partition coefficient (Wildman–Crippen LogP) is 2.74. The van der Waals surface area contributed by atoms with Crippen molar-refractivity contribution in [3.05, 3.63) is 74.0 Å². The van der Waals surface area contributed by atoms with Crippen LogP contribution >= 0.6 is 0 Å². The van der Waals surface area contributed by atoms with Crippen molar-refractivity contribution < 1.29 is 9.90 Å². The SMILES string of the molecule is CCc1cccc(Nc2c(Nc3cccc(C(=O)N(C)C)c3O)c(=O)c2=O)c1. The van der Waals surface area contributed by atoms with Crippen LogP contribution in [0.5, 0.6) is 5.75 Å². The molecule has 0 atom stereocenters. The van der Waals surface area contributed by atoms with Crippen molar-refractivity contribution in [1.82, 2.24) is 4.90 Å². The van der Waals surface area contributed by atoms with Crippen LogP contribution in [0.3, 0.4) is 0 Å². The van der Waals surface area contributed by atoms with Crippen LogP contribution < -0.4 is 21.5 Å². The maximum Gasteiger partial charge on any atom is 0.257 e. The second-order valence-corrected chi connectivity index (χ2v) is 6.61. The van der Waals surface area contributed by atoms with Crippen molar-refractivity contribution in [2.75, 3.05) is 24.7 Å². The van der Waals surface area contributed by atoms with Crippen LogP contribution in [0.4, 0.5) is 22.7 Å². The third-order valence-electron chi connectivity index (χ3n) is 4.45. The van der Waals surface area contributed by atoms with E-state index in [2.05, 4.69) is 10.6 Å². The molecule has 0 aliphatic rings. The number of anilines is 4. The van der Waals surface area contributed by atoms with Gasteiger partial charge in [0.15, 0.2) is 5.75 Å². The summed E-state index contributed by atoms with van der Waals surface area (Å²) in [4.78, 5) is 37.6. The fourth-order valence-electron chi connectivity index (χ4n) is 2.84. The average Bonchev–Trinajstić information content (AvgIpc) is 2.70. The lowest BCUT2D eigenvalue weighted by Gasteiger charge is -2.18. The Balaban J connectivity index is 1.92. The van der Waals surface area contributed by atoms with Gasteiger partial charge < -0.3 is 20.6 Å². The number of phenols is 1. The highest BCUT2D eigenvalue weighted by molar-refractivity contribution is 5.99. The normalized spacial score (nSPS) is 10.7. The molecule has 0 saturated heterocycles. The molecule has 7 nitrogen and oxygen atoms in total. The number of para-hydroxylation sites is 1. The minimum absolute atomic E-state index is 0.0525. The van der Waals surface area contributed by atoms with E-state index in [1.165, 1.54) is 17.0 Å². The number of aryl methyl sites for hydroxylation is 1. The number of phenolic OH excluding ortho intramolecular Hbond substituents is 1. The summed E-state index contributed by atoms with van der Waals surface area (Å²) in [6.45, 7) is 2.02. The molecule has 3 aromatic rings. The quantitative estimate of drug-likeness (QED) is 0.450. The van der Waals surface area contributed by atoms with Gasteiger partial charge in [-0.15, -0.1) is 0 Å². The monoisotopic (exact) mass is 379 g/mol. The van der Waals surface area contributed by atoms with Crippen LogP contribution in [0, 0.1) is 0 Å². The Kier molecular flexibility index (Phi) is 5.17. The van der Waals surface area contributed by atoms with Gasteiger partial charge in [-0.3, -0.25) is 14.4 Å². The maximum absolute atomic E-state index is 12.2. The van der Waals surface area contributed by atoms with E-state index in [1.807, 2.05) is 25.1 Å². The van der Waals surface area contributed by atoms with Gasteiger partial charge in [0.05, 0.1) is 11.3 Å². The number of carbonyl (C=O) groups excluding carboxylic acids is 1. The predicted molar refractivity (Wildman–Crippen MR) is 110 cm³/mol. The Morgan fingerprint density at radius 3 is 2.29 bits per heavy atom. The smallest absolute Gasteiger partial charge is 0.257 e. The van der Waals surface area contributed by atoms with E-state index in [-0.39, 0.29) is 34.3 Å². The zero-order chi connectivity index (χ0) is 20.4. The molecular weight excluding hydrogens is 358 g/mol. The molecule has 28 heavy (non-hydrogen) atoms. The molecule has 1 amide bonds. The molecule has 0 bridgehead atoms. The maximum atomic E-state index is 12.2. The molecule has 3 rings (SSSR count). The number of carbonyl (C=O) groups is 1. The average molecular weight is 379 g/mol. The van der Waals surface area contributed by atoms with Crippen LogP contribution in [0.25, 0.3) is 0 Å². The van der Waals surface area contributed by atoms with E-state index in [4.69, 9.17) is 0 Å². The van der Waals surface area contributed by atoms with Gasteiger partial charge in [0.1, 0.15) is 11.4 Å². The molecule has 3 N–H and O–H groups in total. The molecule has 0 aliphatic heterocycles. The highest BCUT2D eigenvalue weighted by Crippen LogP contribution is 2.32. The highest BCUT2D eigenvalue weighted by atomic mass is 16.3. The molecule has 0 unspecified atom stereocenters. The summed E-state index contributed by atoms with van der Waals surface area (Å²) < 4.78 is 0. The lowest BCUT2D eigenvalue weighted by molar-refractivity contribution is 0.0824. The first-order valence-electron chi connectivity index (χ1n) is 8.83. The number of aromatic hydroxyl groups is 1. The van der Waals surface area contributed by atoms with E-state index in [9.17, 15) is 19.5 Å². The summed E-state index contributed by atoms with van der Waals surface area (Å²) in [6.07, 6.45) is 0.840. The molecule has 0 aromatic heterocycles. The van der Waals surface area contributed by atoms with Crippen LogP contribution in [-0.2, 0) is 6.42 Å². The molecule has 0 heterocycles. The van der Waals surface area contributed by atoms with Gasteiger partial charge in [-0.2, -0.15) is 0 Å². The van der Waals surface area contributed by atoms with Gasteiger partial charge in [-0.05, 0) is 36.2 Å². The number of rotatable bonds is 6. The number of nitrogens with zero attached hydrogens (tertiary/aromatic N) is 1. The first kappa shape index (κ1) is 19.2. The molecular formula is C21H21N3O4. The lowest BCUT2D eigenvalue weighted by Crippen LogP contribution is -2.35. The van der Waals surface area contributed by atoms with E-state index >= 15 is 0 Å². The molecule has 0 fully saturated rings. The van der Waals surface area contributed by atoms with E-state index in [0.29, 0.717) is 5.69 Å². The van der Waals surface area contributed by atoms with Gasteiger partial charge in [0, 0.05) is 19.8 Å². The van der Waals surface area contributed by atoms with Gasteiger partial charge in [0.2, 0.25) is 0 Å². The largest absolute Gasteiger partial charge is 0.505 e. The summed E-state index contributed by atoms with van der Waals surface area (Å²) in [5.41, 5.74) is 0.908. The first-order chi connectivity index (χ1) is 13.3. The second-order valence-electron chi connectivity index (χ2n) is 6.61. The first-order valence-corrected chi connectivity index (χ1v) is 8.83. The topological polar surface area (TPSA) is 98.7 Å². The molecule has 0 spiro atoms. The third-order valence-corrected chi connectivity index (χ3v) is 4.45. The minimum atomic E-state index is -0.683. The summed E-state index contributed by atoms with van der Waals surface area (Å²) in [7, 11) is 3.15. The Bertz CT molecular complexity index is 1110. The van der Waals surface area contributed by atoms with Crippen LogP contribution in [-0.4, -0.2) is 30.0 Å². The van der Waals surface area contributed by atoms with Gasteiger partial charge in [-0.25, -0.2) is 0 Å². The third kappa shape index (κ3) is 3.46. The number of benzene rings is 2. The Morgan fingerprint density at radius 2 is 1.64 bits per heavy atom. The fraction of sp³-hybridized carbons (Fsp3) is 0.190. The van der Waals surface area contributed by atoms with Gasteiger partial charge in [-0.1, -0.05) is 25.1 Å². The zero-order valence-electron chi connectivity index (χ0n) is 15.9. The number of hydrogen-bond donors (Lipinski definition) is 3. The Labute approximate surface area is 161 Å². The molecule has 0 aliphatic carbocycles. The molecule has 0 radical (unpaired) electrons. The van der Waals surface area contributed by atoms with E-state index in [1.54, 1.807) is 26.2 Å². The second kappa shape index (κ2) is 7.56. The van der Waals surface area contributed by atoms with Crippen molar-refractivity contribution >= 4 is 28.7 Å². The molecule has 7 heteroatoms. The molecule has 144 valence electrons.